The SMILES string of the molecule is C=CC(=C)Cc1ccc2cc(C#Cc3ccc(C#Cc4ccc5cc(OCCCCCCOC(=C)CC)ccc5c4)c(CC)c3)ccc2c1. The third-order valence-electron chi connectivity index (χ3n) is 8.62. The van der Waals surface area contributed by atoms with E-state index in [0.717, 1.165) is 108 Å². The average molecular weight is 643 g/mol. The fraction of sp³-hybridized carbons (Fsp3) is 0.234. The molecule has 0 saturated carbocycles. The van der Waals surface area contributed by atoms with Crippen LogP contribution in [0.2, 0.25) is 0 Å². The minimum Gasteiger partial charge on any atom is -0.499 e. The van der Waals surface area contributed by atoms with E-state index in [1.807, 2.05) is 6.08 Å². The molecule has 0 aromatic heterocycles. The third kappa shape index (κ3) is 10.3. The highest BCUT2D eigenvalue weighted by molar-refractivity contribution is 5.86. The fourth-order valence-electron chi connectivity index (χ4n) is 5.64. The Hall–Kier alpha value is -5.44. The average Bonchev–Trinajstić information content (AvgIpc) is 3.13. The molecule has 0 aliphatic heterocycles. The summed E-state index contributed by atoms with van der Waals surface area (Å²) in [5.74, 6) is 15.3. The number of allylic oxidation sites excluding steroid dienone is 3. The van der Waals surface area contributed by atoms with Crippen molar-refractivity contribution in [2.45, 2.75) is 58.8 Å². The van der Waals surface area contributed by atoms with Gasteiger partial charge in [-0.1, -0.05) is 105 Å². The highest BCUT2D eigenvalue weighted by atomic mass is 16.5. The summed E-state index contributed by atoms with van der Waals surface area (Å²) in [5.41, 5.74) is 7.48. The first-order valence-electron chi connectivity index (χ1n) is 17.4. The first-order chi connectivity index (χ1) is 23.9. The molecule has 5 rings (SSSR count). The second kappa shape index (κ2) is 17.6. The van der Waals surface area contributed by atoms with Gasteiger partial charge in [-0.2, -0.15) is 0 Å². The van der Waals surface area contributed by atoms with Gasteiger partial charge in [0, 0.05) is 28.7 Å². The smallest absolute Gasteiger partial charge is 0.119 e. The first-order valence-corrected chi connectivity index (χ1v) is 17.4. The Morgan fingerprint density at radius 3 is 1.92 bits per heavy atom. The van der Waals surface area contributed by atoms with Gasteiger partial charge in [0.25, 0.3) is 0 Å². The minimum atomic E-state index is 0.722. The number of ether oxygens (including phenoxy) is 2. The largest absolute Gasteiger partial charge is 0.499 e. The Kier molecular flexibility index (Phi) is 12.6. The molecule has 0 fully saturated rings. The van der Waals surface area contributed by atoms with Crippen LogP contribution in [0.15, 0.2) is 128 Å². The number of hydrogen-bond acceptors (Lipinski definition) is 2. The summed E-state index contributed by atoms with van der Waals surface area (Å²) in [6, 6.07) is 31.9. The second-order valence-corrected chi connectivity index (χ2v) is 12.4. The zero-order chi connectivity index (χ0) is 34.4. The number of aryl methyl sites for hydroxylation is 1. The minimum absolute atomic E-state index is 0.722. The maximum atomic E-state index is 6.04. The summed E-state index contributed by atoms with van der Waals surface area (Å²) in [6.07, 6.45) is 8.77. The highest BCUT2D eigenvalue weighted by Crippen LogP contribution is 2.23. The van der Waals surface area contributed by atoms with Gasteiger partial charge in [-0.25, -0.2) is 0 Å². The van der Waals surface area contributed by atoms with Gasteiger partial charge < -0.3 is 9.47 Å². The predicted molar refractivity (Wildman–Crippen MR) is 208 cm³/mol. The second-order valence-electron chi connectivity index (χ2n) is 12.4. The molecule has 0 aliphatic carbocycles. The molecule has 0 unspecified atom stereocenters. The van der Waals surface area contributed by atoms with Gasteiger partial charge in [-0.15, -0.1) is 0 Å². The van der Waals surface area contributed by atoms with Crippen molar-refractivity contribution >= 4 is 21.5 Å². The molecular weight excluding hydrogens is 597 g/mol. The Morgan fingerprint density at radius 2 is 1.22 bits per heavy atom. The van der Waals surface area contributed by atoms with Crippen molar-refractivity contribution in [1.29, 1.82) is 0 Å². The summed E-state index contributed by atoms with van der Waals surface area (Å²) < 4.78 is 11.6. The molecule has 0 heterocycles. The van der Waals surface area contributed by atoms with Gasteiger partial charge in [0.05, 0.1) is 19.0 Å². The summed E-state index contributed by atoms with van der Waals surface area (Å²) in [7, 11) is 0. The van der Waals surface area contributed by atoms with E-state index in [9.17, 15) is 0 Å². The van der Waals surface area contributed by atoms with E-state index in [0.29, 0.717) is 0 Å². The van der Waals surface area contributed by atoms with Gasteiger partial charge in [0.2, 0.25) is 0 Å². The topological polar surface area (TPSA) is 18.5 Å². The number of hydrogen-bond donors (Lipinski definition) is 0. The van der Waals surface area contributed by atoms with Crippen molar-refractivity contribution in [3.63, 3.8) is 0 Å². The highest BCUT2D eigenvalue weighted by Gasteiger charge is 2.03. The molecule has 0 amide bonds. The monoisotopic (exact) mass is 642 g/mol. The fourth-order valence-corrected chi connectivity index (χ4v) is 5.64. The van der Waals surface area contributed by atoms with E-state index >= 15 is 0 Å². The molecule has 0 saturated heterocycles. The molecule has 2 nitrogen and oxygen atoms in total. The van der Waals surface area contributed by atoms with Crippen molar-refractivity contribution in [2.75, 3.05) is 13.2 Å². The summed E-state index contributed by atoms with van der Waals surface area (Å²) in [5, 5.41) is 4.69. The predicted octanol–water partition coefficient (Wildman–Crippen LogP) is 11.5. The van der Waals surface area contributed by atoms with Crippen LogP contribution in [0.3, 0.4) is 0 Å². The van der Waals surface area contributed by atoms with Crippen LogP contribution in [-0.4, -0.2) is 13.2 Å². The van der Waals surface area contributed by atoms with Crippen molar-refractivity contribution in [2.24, 2.45) is 0 Å². The van der Waals surface area contributed by atoms with E-state index < -0.39 is 0 Å². The Labute approximate surface area is 293 Å². The number of benzene rings is 5. The molecule has 2 heteroatoms. The van der Waals surface area contributed by atoms with E-state index in [4.69, 9.17) is 9.47 Å². The summed E-state index contributed by atoms with van der Waals surface area (Å²) >= 11 is 0. The maximum Gasteiger partial charge on any atom is 0.119 e. The molecule has 0 bridgehead atoms. The number of fused-ring (bicyclic) bond motifs is 2. The van der Waals surface area contributed by atoms with Gasteiger partial charge in [0.15, 0.2) is 0 Å². The molecule has 0 spiro atoms. The van der Waals surface area contributed by atoms with Gasteiger partial charge in [-0.3, -0.25) is 0 Å². The van der Waals surface area contributed by atoms with Crippen molar-refractivity contribution in [3.05, 3.63) is 162 Å². The standard InChI is InChI=1S/C47H46O2/c1-6-35(4)29-40-19-24-43-31-38(17-22-44(43)33-40)14-13-37-15-20-42(41(8-3)30-37)21-16-39-18-23-46-34-47(26-25-45(46)32-39)49-28-12-10-9-11-27-48-36(5)7-2/h6,15,17-20,22-26,30-34H,1,4-5,7-12,27-29H2,2-3H3. The van der Waals surface area contributed by atoms with E-state index in [2.05, 4.69) is 148 Å². The lowest BCUT2D eigenvalue weighted by molar-refractivity contribution is 0.198. The maximum absolute atomic E-state index is 6.04. The van der Waals surface area contributed by atoms with Gasteiger partial charge >= 0.3 is 0 Å². The normalized spacial score (nSPS) is 10.5. The first kappa shape index (κ1) is 34.9. The van der Waals surface area contributed by atoms with Crippen LogP contribution in [0.4, 0.5) is 0 Å². The lowest BCUT2D eigenvalue weighted by Crippen LogP contribution is -1.98. The van der Waals surface area contributed by atoms with Crippen molar-refractivity contribution in [1.82, 2.24) is 0 Å². The van der Waals surface area contributed by atoms with Crippen LogP contribution in [0, 0.1) is 23.7 Å². The van der Waals surface area contributed by atoms with Crippen LogP contribution in [0.5, 0.6) is 5.75 Å². The van der Waals surface area contributed by atoms with E-state index in [-0.39, 0.29) is 0 Å². The number of unbranched alkanes of at least 4 members (excludes halogenated alkanes) is 3. The van der Waals surface area contributed by atoms with Crippen molar-refractivity contribution in [3.8, 4) is 29.4 Å². The molecule has 0 atom stereocenters. The number of rotatable bonds is 14. The van der Waals surface area contributed by atoms with Crippen LogP contribution in [0.25, 0.3) is 21.5 Å². The molecule has 49 heavy (non-hydrogen) atoms. The lowest BCUT2D eigenvalue weighted by Gasteiger charge is -2.09. The molecular formula is C47H46O2. The van der Waals surface area contributed by atoms with E-state index in [1.165, 1.54) is 21.9 Å². The van der Waals surface area contributed by atoms with Crippen molar-refractivity contribution < 1.29 is 9.47 Å². The van der Waals surface area contributed by atoms with Gasteiger partial charge in [-0.05, 0) is 126 Å². The molecule has 5 aromatic carbocycles. The molecule has 246 valence electrons. The molecule has 5 aromatic rings. The lowest BCUT2D eigenvalue weighted by atomic mass is 10.00. The van der Waals surface area contributed by atoms with Crippen LogP contribution < -0.4 is 4.74 Å². The summed E-state index contributed by atoms with van der Waals surface area (Å²) in [6.45, 7) is 17.4. The van der Waals surface area contributed by atoms with E-state index in [1.54, 1.807) is 0 Å². The quantitative estimate of drug-likeness (QED) is 0.0519. The summed E-state index contributed by atoms with van der Waals surface area (Å²) in [4.78, 5) is 0. The Balaban J connectivity index is 1.18. The van der Waals surface area contributed by atoms with Gasteiger partial charge in [0.1, 0.15) is 5.75 Å². The van der Waals surface area contributed by atoms with Crippen LogP contribution in [0.1, 0.15) is 79.3 Å². The van der Waals surface area contributed by atoms with Crippen LogP contribution >= 0.6 is 0 Å². The Morgan fingerprint density at radius 1 is 0.633 bits per heavy atom. The zero-order valence-corrected chi connectivity index (χ0v) is 29.0. The third-order valence-corrected chi connectivity index (χ3v) is 8.62. The molecule has 0 N–H and O–H groups in total. The Bertz CT molecular complexity index is 2090. The molecule has 0 aliphatic rings. The zero-order valence-electron chi connectivity index (χ0n) is 29.0. The molecule has 0 radical (unpaired) electrons. The van der Waals surface area contributed by atoms with Crippen LogP contribution in [-0.2, 0) is 17.6 Å².